The van der Waals surface area contributed by atoms with E-state index in [1.54, 1.807) is 0 Å². The molecule has 0 bridgehead atoms. The monoisotopic (exact) mass is 2040 g/mol. The predicted molar refractivity (Wildman–Crippen MR) is 395 cm³/mol. The minimum atomic E-state index is -1.54. The van der Waals surface area contributed by atoms with Crippen LogP contribution in [0.25, 0.3) is 133 Å². The third kappa shape index (κ3) is 15.2. The van der Waals surface area contributed by atoms with Gasteiger partial charge < -0.3 is 37.6 Å². The Labute approximate surface area is 619 Å². The van der Waals surface area contributed by atoms with Crippen molar-refractivity contribution in [2.75, 3.05) is 0 Å². The summed E-state index contributed by atoms with van der Waals surface area (Å²) >= 11 is 0. The molecule has 16 rings (SSSR count). The molecule has 8 heterocycles. The fraction of sp³-hybridized carbons (Fsp3) is 0.150. The number of hydrogen-bond acceptors (Lipinski definition) is 8. The zero-order valence-corrected chi connectivity index (χ0v) is 69.1. The van der Waals surface area contributed by atoms with Crippen LogP contribution in [0.2, 0.25) is 78.6 Å². The molecule has 0 aliphatic carbocycles. The van der Waals surface area contributed by atoms with E-state index in [0.29, 0.717) is 0 Å². The standard InChI is InChI=1S/4C20H18NOSi.4Ir/c1-23(2,3)15-8-6-7-14(13-15)19-20-17(11-12-21-19)16-9-4-5-10-18(16)22-20;1-23(2,3)18-13-16-15-11-7-8-12-17(15)22-20(16)19(21-18)14-9-5-4-6-10-14;1-23(2,3)17-13-21-19(14-9-5-4-6-10-14)20-18(17)15-11-7-8-12-16(15)22-20;1-23(2,3)15-10-8-14(9-11-15)19-20-17(12-13-21-19)16-6-4-5-7-18(16)22-20;;;;/h4-12H,1-3H3;2*4-9,11-13H,1-3H3;4-8,10-13H,1-3H3;;;;/q4*-1;;;;. The molecule has 0 amide bonds. The molecule has 8 aromatic carbocycles. The molecule has 0 spiro atoms. The van der Waals surface area contributed by atoms with Crippen LogP contribution >= 0.6 is 0 Å². The van der Waals surface area contributed by atoms with Gasteiger partial charge in [-0.25, -0.2) is 0 Å². The molecule has 4 radical (unpaired) electrons. The third-order valence-electron chi connectivity index (χ3n) is 16.6. The van der Waals surface area contributed by atoms with E-state index in [1.807, 2.05) is 140 Å². The second kappa shape index (κ2) is 30.0. The van der Waals surface area contributed by atoms with Crippen LogP contribution in [0, 0.1) is 24.3 Å². The molecule has 16 aromatic rings. The maximum Gasteiger partial charge on any atom is 0.134 e. The van der Waals surface area contributed by atoms with Crippen molar-refractivity contribution in [2.45, 2.75) is 78.6 Å². The average Bonchev–Trinajstić information content (AvgIpc) is 1.59. The molecular formula is C80H72Ir4N4O4Si4-4. The number of rotatable bonds is 8. The molecule has 0 aliphatic rings. The maximum atomic E-state index is 6.21. The van der Waals surface area contributed by atoms with Gasteiger partial charge in [-0.15, -0.1) is 142 Å². The number of pyridine rings is 4. The summed E-state index contributed by atoms with van der Waals surface area (Å²) in [5, 5.41) is 14.4. The van der Waals surface area contributed by atoms with E-state index in [9.17, 15) is 0 Å². The van der Waals surface area contributed by atoms with Crippen molar-refractivity contribution in [3.8, 4) is 45.0 Å². The van der Waals surface area contributed by atoms with Crippen LogP contribution in [0.15, 0.2) is 236 Å². The van der Waals surface area contributed by atoms with E-state index in [2.05, 4.69) is 192 Å². The van der Waals surface area contributed by atoms with Crippen molar-refractivity contribution in [3.63, 3.8) is 0 Å². The normalized spacial score (nSPS) is 11.6. The van der Waals surface area contributed by atoms with Crippen LogP contribution in [0.5, 0.6) is 0 Å². The molecule has 0 N–H and O–H groups in total. The molecule has 8 aromatic heterocycles. The van der Waals surface area contributed by atoms with E-state index in [0.717, 1.165) is 122 Å². The van der Waals surface area contributed by atoms with Crippen molar-refractivity contribution in [1.29, 1.82) is 0 Å². The summed E-state index contributed by atoms with van der Waals surface area (Å²) in [5.74, 6) is 0. The van der Waals surface area contributed by atoms with Crippen molar-refractivity contribution in [2.24, 2.45) is 0 Å². The topological polar surface area (TPSA) is 104 Å². The SMILES string of the molecule is C[Si](C)(C)c1[c-]c(-c2nccc3c2oc2ccccc23)ccc1.C[Si](C)(C)c1c[c-]c(-c2nccc3c2oc2ccccc23)cc1.C[Si](C)(C)c1cc2c(oc3ccccc32)c(-c2[c-]cccc2)n1.C[Si](C)(C)c1cnc(-c2[c-]cccc2)c2oc3ccccc3c12.[Ir].[Ir].[Ir].[Ir]. The van der Waals surface area contributed by atoms with Gasteiger partial charge in [0, 0.05) is 178 Å². The van der Waals surface area contributed by atoms with Gasteiger partial charge in [-0.05, 0) is 47.7 Å². The Bertz CT molecular complexity index is 5360. The van der Waals surface area contributed by atoms with Crippen molar-refractivity contribution < 1.29 is 98.1 Å². The predicted octanol–water partition coefficient (Wildman–Crippen LogP) is 20.0. The van der Waals surface area contributed by atoms with Gasteiger partial charge in [0.15, 0.2) is 0 Å². The van der Waals surface area contributed by atoms with Crippen molar-refractivity contribution in [1.82, 2.24) is 19.9 Å². The summed E-state index contributed by atoms with van der Waals surface area (Å²) < 4.78 is 24.5. The van der Waals surface area contributed by atoms with Gasteiger partial charge >= 0.3 is 0 Å². The number of fused-ring (bicyclic) bond motifs is 12. The Kier molecular flexibility index (Phi) is 22.9. The van der Waals surface area contributed by atoms with Gasteiger partial charge in [-0.2, -0.15) is 0 Å². The van der Waals surface area contributed by atoms with Crippen molar-refractivity contribution in [3.05, 3.63) is 243 Å². The number of hydrogen-bond donors (Lipinski definition) is 0. The van der Waals surface area contributed by atoms with Crippen LogP contribution in [0.1, 0.15) is 0 Å². The van der Waals surface area contributed by atoms with Gasteiger partial charge in [-0.3, -0.25) is 0 Å². The molecule has 492 valence electrons. The first kappa shape index (κ1) is 73.3. The Morgan fingerprint density at radius 1 is 0.333 bits per heavy atom. The Balaban J connectivity index is 0.000000148. The summed E-state index contributed by atoms with van der Waals surface area (Å²) in [5.41, 5.74) is 14.5. The van der Waals surface area contributed by atoms with Gasteiger partial charge in [0.05, 0.1) is 24.2 Å². The molecule has 16 heteroatoms. The quantitative estimate of drug-likeness (QED) is 0.109. The van der Waals surface area contributed by atoms with Gasteiger partial charge in [0.2, 0.25) is 0 Å². The largest absolute Gasteiger partial charge is 0.464 e. The van der Waals surface area contributed by atoms with Gasteiger partial charge in [0.1, 0.15) is 44.7 Å². The number of aromatic nitrogens is 4. The molecular weight excluding hydrogens is 1960 g/mol. The summed E-state index contributed by atoms with van der Waals surface area (Å²) in [6, 6.07) is 81.2. The smallest absolute Gasteiger partial charge is 0.134 e. The van der Waals surface area contributed by atoms with Crippen LogP contribution in [-0.2, 0) is 80.4 Å². The Hall–Kier alpha value is -6.98. The minimum absolute atomic E-state index is 0. The summed E-state index contributed by atoms with van der Waals surface area (Å²) in [4.78, 5) is 18.9. The van der Waals surface area contributed by atoms with E-state index in [1.165, 1.54) is 31.6 Å². The molecule has 8 nitrogen and oxygen atoms in total. The Morgan fingerprint density at radius 2 is 0.771 bits per heavy atom. The van der Waals surface area contributed by atoms with Crippen molar-refractivity contribution >= 4 is 141 Å². The van der Waals surface area contributed by atoms with Crippen LogP contribution in [0.4, 0.5) is 0 Å². The first-order chi connectivity index (χ1) is 44.2. The first-order valence-corrected chi connectivity index (χ1v) is 45.3. The Morgan fingerprint density at radius 3 is 1.25 bits per heavy atom. The van der Waals surface area contributed by atoms with E-state index < -0.39 is 32.3 Å². The molecule has 0 fully saturated rings. The van der Waals surface area contributed by atoms with Crippen LogP contribution < -0.4 is 20.9 Å². The van der Waals surface area contributed by atoms with E-state index in [4.69, 9.17) is 27.6 Å². The van der Waals surface area contributed by atoms with Crippen LogP contribution in [-0.4, -0.2) is 52.2 Å². The molecule has 96 heavy (non-hydrogen) atoms. The summed E-state index contributed by atoms with van der Waals surface area (Å²) in [6.45, 7) is 28.0. The second-order valence-electron chi connectivity index (χ2n) is 27.4. The zero-order valence-electron chi connectivity index (χ0n) is 55.5. The number of furan rings is 4. The summed E-state index contributed by atoms with van der Waals surface area (Å²) in [7, 11) is -5.80. The number of para-hydroxylation sites is 4. The molecule has 0 aliphatic heterocycles. The van der Waals surface area contributed by atoms with Crippen LogP contribution in [0.3, 0.4) is 0 Å². The molecule has 0 saturated heterocycles. The average molecular weight is 2030 g/mol. The number of benzene rings is 8. The van der Waals surface area contributed by atoms with E-state index in [-0.39, 0.29) is 80.4 Å². The zero-order chi connectivity index (χ0) is 64.1. The fourth-order valence-corrected chi connectivity index (χ4v) is 16.3. The first-order valence-electron chi connectivity index (χ1n) is 31.3. The van der Waals surface area contributed by atoms with E-state index >= 15 is 0 Å². The minimum Gasteiger partial charge on any atom is -0.464 e. The maximum absolute atomic E-state index is 6.21. The fourth-order valence-electron chi connectivity index (χ4n) is 11.6. The second-order valence-corrected chi connectivity index (χ2v) is 47.6. The van der Waals surface area contributed by atoms with Gasteiger partial charge in [-0.1, -0.05) is 151 Å². The molecule has 0 unspecified atom stereocenters. The molecule has 0 saturated carbocycles. The number of nitrogens with zero attached hydrogens (tertiary/aromatic N) is 4. The third-order valence-corrected chi connectivity index (χ3v) is 24.4. The van der Waals surface area contributed by atoms with Gasteiger partial charge in [0.25, 0.3) is 0 Å². The summed E-state index contributed by atoms with van der Waals surface area (Å²) in [6.07, 6.45) is 5.75. The molecule has 0 atom stereocenters.